The molecule has 7 heteroatoms. The molecule has 1 amide bonds. The highest BCUT2D eigenvalue weighted by Crippen LogP contribution is 2.27. The van der Waals surface area contributed by atoms with Crippen LogP contribution in [-0.4, -0.2) is 62.9 Å². The van der Waals surface area contributed by atoms with Gasteiger partial charge in [0.2, 0.25) is 15.9 Å². The third kappa shape index (κ3) is 3.88. The molecule has 2 aliphatic rings. The van der Waals surface area contributed by atoms with Crippen LogP contribution in [0.4, 0.5) is 0 Å². The molecule has 0 bridgehead atoms. The summed E-state index contributed by atoms with van der Waals surface area (Å²) < 4.78 is 33.0. The average molecular weight is 366 g/mol. The monoisotopic (exact) mass is 366 g/mol. The second kappa shape index (κ2) is 7.43. The molecule has 2 heterocycles. The molecule has 0 saturated carbocycles. The highest BCUT2D eigenvalue weighted by Gasteiger charge is 2.35. The molecule has 3 rings (SSSR count). The van der Waals surface area contributed by atoms with Crippen molar-refractivity contribution in [2.24, 2.45) is 5.92 Å². The number of nitrogens with zero attached hydrogens (tertiary/aromatic N) is 2. The predicted octanol–water partition coefficient (Wildman–Crippen LogP) is 1.56. The Morgan fingerprint density at radius 1 is 1.16 bits per heavy atom. The van der Waals surface area contributed by atoms with Crippen LogP contribution >= 0.6 is 0 Å². The summed E-state index contributed by atoms with van der Waals surface area (Å²) in [7, 11) is -3.57. The molecule has 0 aromatic heterocycles. The van der Waals surface area contributed by atoms with Crippen molar-refractivity contribution in [3.8, 4) is 0 Å². The van der Waals surface area contributed by atoms with Crippen LogP contribution in [-0.2, 0) is 19.6 Å². The Hall–Kier alpha value is -1.44. The number of sulfonamides is 1. The Morgan fingerprint density at radius 3 is 2.60 bits per heavy atom. The van der Waals surface area contributed by atoms with E-state index >= 15 is 0 Å². The Morgan fingerprint density at radius 2 is 1.88 bits per heavy atom. The quantitative estimate of drug-likeness (QED) is 0.814. The number of rotatable bonds is 3. The Balaban J connectivity index is 1.78. The van der Waals surface area contributed by atoms with Gasteiger partial charge in [0, 0.05) is 26.2 Å². The summed E-state index contributed by atoms with van der Waals surface area (Å²) in [5.41, 5.74) is 1.66. The molecule has 0 radical (unpaired) electrons. The Bertz CT molecular complexity index is 741. The van der Waals surface area contributed by atoms with Crippen molar-refractivity contribution in [2.45, 2.75) is 31.6 Å². The summed E-state index contributed by atoms with van der Waals surface area (Å²) in [5, 5.41) is 0. The van der Waals surface area contributed by atoms with E-state index in [0.29, 0.717) is 44.2 Å². The maximum absolute atomic E-state index is 13.1. The van der Waals surface area contributed by atoms with Crippen LogP contribution in [0.3, 0.4) is 0 Å². The maximum atomic E-state index is 13.1. The van der Waals surface area contributed by atoms with E-state index in [-0.39, 0.29) is 18.4 Å². The van der Waals surface area contributed by atoms with Crippen LogP contribution in [0.15, 0.2) is 23.1 Å². The normalized spacial score (nSPS) is 22.8. The lowest BCUT2D eigenvalue weighted by atomic mass is 9.98. The SMILES string of the molecule is Cc1ccc(C)c(S(=O)(=O)N2CCC[C@H](C(=O)N3CCOCC3)C2)c1. The summed E-state index contributed by atoms with van der Waals surface area (Å²) in [4.78, 5) is 14.9. The molecule has 2 aliphatic heterocycles. The van der Waals surface area contributed by atoms with E-state index < -0.39 is 10.0 Å². The van der Waals surface area contributed by atoms with Crippen molar-refractivity contribution in [3.05, 3.63) is 29.3 Å². The topological polar surface area (TPSA) is 66.9 Å². The van der Waals surface area contributed by atoms with Gasteiger partial charge in [0.25, 0.3) is 0 Å². The molecule has 0 aliphatic carbocycles. The Kier molecular flexibility index (Phi) is 5.46. The molecule has 138 valence electrons. The molecule has 0 spiro atoms. The predicted molar refractivity (Wildman–Crippen MR) is 94.8 cm³/mol. The molecular weight excluding hydrogens is 340 g/mol. The first-order valence-electron chi connectivity index (χ1n) is 8.83. The number of carbonyl (C=O) groups excluding carboxylic acids is 1. The number of hydrogen-bond acceptors (Lipinski definition) is 4. The van der Waals surface area contributed by atoms with Crippen LogP contribution in [0.25, 0.3) is 0 Å². The number of carbonyl (C=O) groups is 1. The third-order valence-electron chi connectivity index (χ3n) is 5.02. The number of morpholine rings is 1. The zero-order valence-corrected chi connectivity index (χ0v) is 15.7. The fourth-order valence-corrected chi connectivity index (χ4v) is 5.36. The van der Waals surface area contributed by atoms with Gasteiger partial charge in [0.1, 0.15) is 0 Å². The summed E-state index contributed by atoms with van der Waals surface area (Å²) in [6, 6.07) is 5.47. The number of aryl methyl sites for hydroxylation is 2. The van der Waals surface area contributed by atoms with E-state index in [0.717, 1.165) is 17.5 Å². The number of piperidine rings is 1. The number of amides is 1. The van der Waals surface area contributed by atoms with Gasteiger partial charge in [-0.15, -0.1) is 0 Å². The molecule has 0 N–H and O–H groups in total. The van der Waals surface area contributed by atoms with E-state index in [1.54, 1.807) is 6.07 Å². The van der Waals surface area contributed by atoms with Crippen LogP contribution < -0.4 is 0 Å². The first-order chi connectivity index (χ1) is 11.9. The van der Waals surface area contributed by atoms with E-state index in [2.05, 4.69) is 0 Å². The van der Waals surface area contributed by atoms with Gasteiger partial charge in [-0.2, -0.15) is 4.31 Å². The highest BCUT2D eigenvalue weighted by molar-refractivity contribution is 7.89. The summed E-state index contributed by atoms with van der Waals surface area (Å²) in [6.45, 7) is 6.75. The fraction of sp³-hybridized carbons (Fsp3) is 0.611. The van der Waals surface area contributed by atoms with Gasteiger partial charge < -0.3 is 9.64 Å². The van der Waals surface area contributed by atoms with Crippen molar-refractivity contribution in [3.63, 3.8) is 0 Å². The standard InChI is InChI=1S/C18H26N2O4S/c1-14-5-6-15(2)17(12-14)25(22,23)20-7-3-4-16(13-20)18(21)19-8-10-24-11-9-19/h5-6,12,16H,3-4,7-11,13H2,1-2H3/t16-/m0/s1. The van der Waals surface area contributed by atoms with Crippen LogP contribution in [0, 0.1) is 19.8 Å². The third-order valence-corrected chi connectivity index (χ3v) is 7.02. The van der Waals surface area contributed by atoms with Crippen LogP contribution in [0.1, 0.15) is 24.0 Å². The molecule has 25 heavy (non-hydrogen) atoms. The van der Waals surface area contributed by atoms with Gasteiger partial charge in [-0.3, -0.25) is 4.79 Å². The Labute approximate surface area is 149 Å². The highest BCUT2D eigenvalue weighted by atomic mass is 32.2. The summed E-state index contributed by atoms with van der Waals surface area (Å²) >= 11 is 0. The zero-order chi connectivity index (χ0) is 18.0. The molecule has 1 atom stereocenters. The minimum atomic E-state index is -3.57. The summed E-state index contributed by atoms with van der Waals surface area (Å²) in [5.74, 6) is -0.198. The average Bonchev–Trinajstić information content (AvgIpc) is 2.64. The summed E-state index contributed by atoms with van der Waals surface area (Å²) in [6.07, 6.45) is 1.46. The molecular formula is C18H26N2O4S. The fourth-order valence-electron chi connectivity index (χ4n) is 3.53. The van der Waals surface area contributed by atoms with E-state index in [9.17, 15) is 13.2 Å². The zero-order valence-electron chi connectivity index (χ0n) is 14.9. The van der Waals surface area contributed by atoms with E-state index in [1.807, 2.05) is 30.9 Å². The van der Waals surface area contributed by atoms with E-state index in [1.165, 1.54) is 4.31 Å². The van der Waals surface area contributed by atoms with Gasteiger partial charge in [-0.25, -0.2) is 8.42 Å². The molecule has 1 aromatic rings. The van der Waals surface area contributed by atoms with Gasteiger partial charge in [-0.05, 0) is 43.9 Å². The molecule has 2 saturated heterocycles. The van der Waals surface area contributed by atoms with Crippen LogP contribution in [0.2, 0.25) is 0 Å². The largest absolute Gasteiger partial charge is 0.378 e. The molecule has 0 unspecified atom stereocenters. The number of benzene rings is 1. The van der Waals surface area contributed by atoms with Gasteiger partial charge in [-0.1, -0.05) is 12.1 Å². The van der Waals surface area contributed by atoms with Crippen LogP contribution in [0.5, 0.6) is 0 Å². The first kappa shape index (κ1) is 18.4. The van der Waals surface area contributed by atoms with Gasteiger partial charge >= 0.3 is 0 Å². The smallest absolute Gasteiger partial charge is 0.243 e. The van der Waals surface area contributed by atoms with E-state index in [4.69, 9.17) is 4.74 Å². The minimum absolute atomic E-state index is 0.0594. The van der Waals surface area contributed by atoms with Crippen molar-refractivity contribution in [1.29, 1.82) is 0 Å². The lowest BCUT2D eigenvalue weighted by Crippen LogP contribution is -2.49. The molecule has 2 fully saturated rings. The second-order valence-electron chi connectivity index (χ2n) is 6.91. The van der Waals surface area contributed by atoms with Crippen molar-refractivity contribution >= 4 is 15.9 Å². The van der Waals surface area contributed by atoms with Crippen molar-refractivity contribution in [1.82, 2.24) is 9.21 Å². The lowest BCUT2D eigenvalue weighted by molar-refractivity contribution is -0.140. The number of hydrogen-bond donors (Lipinski definition) is 0. The lowest BCUT2D eigenvalue weighted by Gasteiger charge is -2.35. The molecule has 1 aromatic carbocycles. The van der Waals surface area contributed by atoms with Crippen molar-refractivity contribution in [2.75, 3.05) is 39.4 Å². The minimum Gasteiger partial charge on any atom is -0.378 e. The molecule has 6 nitrogen and oxygen atoms in total. The first-order valence-corrected chi connectivity index (χ1v) is 10.3. The van der Waals surface area contributed by atoms with Gasteiger partial charge in [0.15, 0.2) is 0 Å². The number of ether oxygens (including phenoxy) is 1. The van der Waals surface area contributed by atoms with Crippen molar-refractivity contribution < 1.29 is 17.9 Å². The van der Waals surface area contributed by atoms with Gasteiger partial charge in [0.05, 0.1) is 24.0 Å². The second-order valence-corrected chi connectivity index (χ2v) is 8.82. The maximum Gasteiger partial charge on any atom is 0.243 e.